The van der Waals surface area contributed by atoms with Crippen LogP contribution in [0, 0.1) is 0 Å². The average Bonchev–Trinajstić information content (AvgIpc) is 3.65. The maximum atomic E-state index is 12.7. The van der Waals surface area contributed by atoms with E-state index in [1.54, 1.807) is 18.3 Å². The Labute approximate surface area is 199 Å². The molecule has 2 amide bonds. The molecule has 1 aliphatic heterocycles. The van der Waals surface area contributed by atoms with Crippen LogP contribution in [0.15, 0.2) is 78.5 Å². The molecule has 2 heterocycles. The molecule has 2 N–H and O–H groups in total. The van der Waals surface area contributed by atoms with Gasteiger partial charge in [-0.15, -0.1) is 0 Å². The van der Waals surface area contributed by atoms with Crippen molar-refractivity contribution < 1.29 is 14.6 Å². The number of likely N-dealkylation sites (tertiary alicyclic amines) is 1. The Hall–Kier alpha value is -3.64. The van der Waals surface area contributed by atoms with E-state index >= 15 is 0 Å². The minimum Gasteiger partial charge on any atom is -0.439 e. The standard InChI is InChI=1S/C28H29N3O3/c32-19-22-9-10-27(29-18-22)34-24-8-4-5-21(16-24)15-20-11-13-31(14-12-20)28(33)30-26-17-25(26)23-6-2-1-3-7-23/h1-10,15-16,18,25-26,32H,11-14,17,19H2,(H,30,33)/t25-,26+/m0/s1. The first kappa shape index (κ1) is 22.2. The van der Waals surface area contributed by atoms with E-state index in [4.69, 9.17) is 9.84 Å². The number of pyridine rings is 1. The summed E-state index contributed by atoms with van der Waals surface area (Å²) in [5, 5.41) is 12.3. The van der Waals surface area contributed by atoms with Crippen molar-refractivity contribution in [2.45, 2.75) is 37.8 Å². The van der Waals surface area contributed by atoms with Crippen LogP contribution < -0.4 is 10.1 Å². The molecule has 6 nitrogen and oxygen atoms in total. The Balaban J connectivity index is 1.13. The number of aliphatic hydroxyl groups excluding tert-OH is 1. The van der Waals surface area contributed by atoms with Gasteiger partial charge in [-0.1, -0.05) is 54.1 Å². The smallest absolute Gasteiger partial charge is 0.317 e. The van der Waals surface area contributed by atoms with Gasteiger partial charge in [-0.05, 0) is 54.2 Å². The first-order valence-electron chi connectivity index (χ1n) is 11.8. The summed E-state index contributed by atoms with van der Waals surface area (Å²) in [6.45, 7) is 1.43. The zero-order valence-corrected chi connectivity index (χ0v) is 19.1. The molecule has 1 saturated carbocycles. The van der Waals surface area contributed by atoms with Crippen LogP contribution in [-0.2, 0) is 6.61 Å². The number of carbonyl (C=O) groups excluding carboxylic acids is 1. The van der Waals surface area contributed by atoms with Crippen molar-refractivity contribution in [1.82, 2.24) is 15.2 Å². The lowest BCUT2D eigenvalue weighted by atomic mass is 10.0. The van der Waals surface area contributed by atoms with Crippen LogP contribution in [0.1, 0.15) is 41.9 Å². The van der Waals surface area contributed by atoms with E-state index in [0.717, 1.165) is 43.5 Å². The van der Waals surface area contributed by atoms with E-state index in [2.05, 4.69) is 46.7 Å². The highest BCUT2D eigenvalue weighted by atomic mass is 16.5. The number of amides is 2. The fourth-order valence-corrected chi connectivity index (χ4v) is 4.40. The first-order valence-corrected chi connectivity index (χ1v) is 11.8. The highest BCUT2D eigenvalue weighted by molar-refractivity contribution is 5.75. The third-order valence-electron chi connectivity index (χ3n) is 6.45. The van der Waals surface area contributed by atoms with Gasteiger partial charge >= 0.3 is 6.03 Å². The van der Waals surface area contributed by atoms with E-state index < -0.39 is 0 Å². The molecule has 1 saturated heterocycles. The summed E-state index contributed by atoms with van der Waals surface area (Å²) in [5.74, 6) is 1.65. The number of carbonyl (C=O) groups is 1. The zero-order valence-electron chi connectivity index (χ0n) is 19.1. The summed E-state index contributed by atoms with van der Waals surface area (Å²) in [5.41, 5.74) is 4.46. The van der Waals surface area contributed by atoms with Crippen LogP contribution in [0.25, 0.3) is 6.08 Å². The number of aromatic nitrogens is 1. The van der Waals surface area contributed by atoms with Gasteiger partial charge in [-0.2, -0.15) is 0 Å². The van der Waals surface area contributed by atoms with Crippen molar-refractivity contribution in [3.63, 3.8) is 0 Å². The van der Waals surface area contributed by atoms with Crippen LogP contribution in [0.2, 0.25) is 0 Å². The minimum atomic E-state index is -0.0375. The predicted molar refractivity (Wildman–Crippen MR) is 132 cm³/mol. The van der Waals surface area contributed by atoms with Gasteiger partial charge in [0.2, 0.25) is 5.88 Å². The molecule has 1 aromatic heterocycles. The van der Waals surface area contributed by atoms with Crippen LogP contribution in [0.4, 0.5) is 4.79 Å². The Morgan fingerprint density at radius 3 is 2.65 bits per heavy atom. The van der Waals surface area contributed by atoms with Crippen LogP contribution >= 0.6 is 0 Å². The molecule has 34 heavy (non-hydrogen) atoms. The van der Waals surface area contributed by atoms with Crippen LogP contribution in [-0.4, -0.2) is 40.2 Å². The number of hydrogen-bond acceptors (Lipinski definition) is 4. The lowest BCUT2D eigenvalue weighted by Crippen LogP contribution is -2.44. The van der Waals surface area contributed by atoms with E-state index in [-0.39, 0.29) is 18.7 Å². The summed E-state index contributed by atoms with van der Waals surface area (Å²) in [4.78, 5) is 18.9. The van der Waals surface area contributed by atoms with Crippen LogP contribution in [0.3, 0.4) is 0 Å². The molecule has 0 radical (unpaired) electrons. The number of aliphatic hydroxyl groups is 1. The second kappa shape index (κ2) is 10.1. The number of nitrogens with one attached hydrogen (secondary N) is 1. The predicted octanol–water partition coefficient (Wildman–Crippen LogP) is 5.11. The monoisotopic (exact) mass is 455 g/mol. The quantitative estimate of drug-likeness (QED) is 0.542. The molecular weight excluding hydrogens is 426 g/mol. The fraction of sp³-hybridized carbons (Fsp3) is 0.286. The summed E-state index contributed by atoms with van der Waals surface area (Å²) in [6.07, 6.45) is 6.56. The van der Waals surface area contributed by atoms with Gasteiger partial charge in [-0.3, -0.25) is 0 Å². The molecule has 0 spiro atoms. The lowest BCUT2D eigenvalue weighted by molar-refractivity contribution is 0.193. The van der Waals surface area contributed by atoms with Gasteiger partial charge in [0.05, 0.1) is 6.61 Å². The largest absolute Gasteiger partial charge is 0.439 e. The minimum absolute atomic E-state index is 0.0375. The molecular formula is C28H29N3O3. The van der Waals surface area contributed by atoms with Gasteiger partial charge in [0.25, 0.3) is 0 Å². The van der Waals surface area contributed by atoms with Crippen molar-refractivity contribution in [2.75, 3.05) is 13.1 Å². The third-order valence-corrected chi connectivity index (χ3v) is 6.45. The molecule has 6 heteroatoms. The Kier molecular flexibility index (Phi) is 6.58. The van der Waals surface area contributed by atoms with Gasteiger partial charge < -0.3 is 20.1 Å². The summed E-state index contributed by atoms with van der Waals surface area (Å²) < 4.78 is 5.86. The molecule has 1 aliphatic carbocycles. The van der Waals surface area contributed by atoms with Gasteiger partial charge in [0, 0.05) is 37.3 Å². The number of ether oxygens (including phenoxy) is 1. The molecule has 2 aliphatic rings. The zero-order chi connectivity index (χ0) is 23.3. The van der Waals surface area contributed by atoms with E-state index in [9.17, 15) is 4.79 Å². The Morgan fingerprint density at radius 2 is 1.91 bits per heavy atom. The second-order valence-corrected chi connectivity index (χ2v) is 8.94. The highest BCUT2D eigenvalue weighted by Gasteiger charge is 2.40. The summed E-state index contributed by atoms with van der Waals surface area (Å²) in [6, 6.07) is 22.2. The van der Waals surface area contributed by atoms with Crippen molar-refractivity contribution in [3.8, 4) is 11.6 Å². The molecule has 2 fully saturated rings. The Bertz CT molecular complexity index is 1150. The summed E-state index contributed by atoms with van der Waals surface area (Å²) in [7, 11) is 0. The molecule has 5 rings (SSSR count). The van der Waals surface area contributed by atoms with Gasteiger partial charge in [0.15, 0.2) is 0 Å². The second-order valence-electron chi connectivity index (χ2n) is 8.94. The Morgan fingerprint density at radius 1 is 1.09 bits per heavy atom. The third kappa shape index (κ3) is 5.46. The molecule has 2 aromatic carbocycles. The maximum absolute atomic E-state index is 12.7. The van der Waals surface area contributed by atoms with E-state index in [1.807, 2.05) is 29.2 Å². The number of piperidine rings is 1. The highest BCUT2D eigenvalue weighted by Crippen LogP contribution is 2.40. The molecule has 2 atom stereocenters. The van der Waals surface area contributed by atoms with Gasteiger partial charge in [0.1, 0.15) is 5.75 Å². The number of hydrogen-bond donors (Lipinski definition) is 2. The maximum Gasteiger partial charge on any atom is 0.317 e. The normalized spacial score (nSPS) is 19.4. The first-order chi connectivity index (χ1) is 16.7. The number of nitrogens with zero attached hydrogens (tertiary/aromatic N) is 2. The number of rotatable bonds is 6. The van der Waals surface area contributed by atoms with Crippen molar-refractivity contribution in [1.29, 1.82) is 0 Å². The molecule has 0 unspecified atom stereocenters. The van der Waals surface area contributed by atoms with Crippen molar-refractivity contribution in [3.05, 3.63) is 95.2 Å². The fourth-order valence-electron chi connectivity index (χ4n) is 4.40. The van der Waals surface area contributed by atoms with E-state index in [1.165, 1.54) is 11.1 Å². The summed E-state index contributed by atoms with van der Waals surface area (Å²) >= 11 is 0. The molecule has 3 aromatic rings. The topological polar surface area (TPSA) is 74.7 Å². The van der Waals surface area contributed by atoms with Crippen LogP contribution in [0.5, 0.6) is 11.6 Å². The SMILES string of the molecule is O=C(N[C@@H]1C[C@H]1c1ccccc1)N1CCC(=Cc2cccc(Oc3ccc(CO)cn3)c2)CC1. The van der Waals surface area contributed by atoms with Gasteiger partial charge in [-0.25, -0.2) is 9.78 Å². The van der Waals surface area contributed by atoms with Crippen molar-refractivity contribution >= 4 is 12.1 Å². The number of urea groups is 1. The number of benzene rings is 2. The molecule has 174 valence electrons. The van der Waals surface area contributed by atoms with E-state index in [0.29, 0.717) is 17.5 Å². The molecule has 0 bridgehead atoms. The lowest BCUT2D eigenvalue weighted by Gasteiger charge is -2.28. The van der Waals surface area contributed by atoms with Crippen molar-refractivity contribution in [2.24, 2.45) is 0 Å². The average molecular weight is 456 g/mol.